The van der Waals surface area contributed by atoms with Gasteiger partial charge in [0.25, 0.3) is 5.69 Å². The number of benzene rings is 2. The standard InChI is InChI=1S/C18H10ClN3O3/c19-13-3-6-15-16(10-21-17(15)8-13)18(23)12(9-20)7-11-1-4-14(5-2-11)22(24)25/h1-8,10,21H/b12-7-. The van der Waals surface area contributed by atoms with Gasteiger partial charge in [-0.25, -0.2) is 0 Å². The quantitative estimate of drug-likeness (QED) is 0.245. The summed E-state index contributed by atoms with van der Waals surface area (Å²) in [5.41, 5.74) is 1.46. The molecule has 2 aromatic carbocycles. The minimum atomic E-state index is -0.513. The van der Waals surface area contributed by atoms with E-state index in [-0.39, 0.29) is 11.3 Å². The number of H-pyrrole nitrogens is 1. The first-order chi connectivity index (χ1) is 12.0. The van der Waals surface area contributed by atoms with Gasteiger partial charge in [-0.2, -0.15) is 5.26 Å². The number of halogens is 1. The monoisotopic (exact) mass is 351 g/mol. The molecule has 25 heavy (non-hydrogen) atoms. The van der Waals surface area contributed by atoms with Crippen molar-refractivity contribution < 1.29 is 9.72 Å². The molecule has 3 rings (SSSR count). The van der Waals surface area contributed by atoms with Crippen molar-refractivity contribution in [3.63, 3.8) is 0 Å². The lowest BCUT2D eigenvalue weighted by Crippen LogP contribution is -2.01. The first kappa shape index (κ1) is 16.4. The third kappa shape index (κ3) is 3.27. The number of non-ortho nitro benzene ring substituents is 1. The summed E-state index contributed by atoms with van der Waals surface area (Å²) in [5.74, 6) is -0.436. The van der Waals surface area contributed by atoms with Gasteiger partial charge in [0.2, 0.25) is 5.78 Å². The van der Waals surface area contributed by atoms with Crippen LogP contribution in [0.3, 0.4) is 0 Å². The summed E-state index contributed by atoms with van der Waals surface area (Å²) < 4.78 is 0. The largest absolute Gasteiger partial charge is 0.360 e. The zero-order valence-electron chi connectivity index (χ0n) is 12.7. The molecule has 0 radical (unpaired) electrons. The Morgan fingerprint density at radius 1 is 1.24 bits per heavy atom. The molecule has 0 aliphatic carbocycles. The highest BCUT2D eigenvalue weighted by Gasteiger charge is 2.17. The van der Waals surface area contributed by atoms with Gasteiger partial charge in [0.05, 0.1) is 4.92 Å². The van der Waals surface area contributed by atoms with Crippen LogP contribution in [0.15, 0.2) is 54.2 Å². The topological polar surface area (TPSA) is 99.8 Å². The molecule has 1 N–H and O–H groups in total. The van der Waals surface area contributed by atoms with Crippen LogP contribution in [0.25, 0.3) is 17.0 Å². The third-order valence-electron chi connectivity index (χ3n) is 3.67. The fourth-order valence-electron chi connectivity index (χ4n) is 2.44. The number of Topliss-reactive ketones (excluding diaryl/α,β-unsaturated/α-hetero) is 1. The lowest BCUT2D eigenvalue weighted by molar-refractivity contribution is -0.384. The predicted octanol–water partition coefficient (Wildman–Crippen LogP) is 4.52. The van der Waals surface area contributed by atoms with E-state index in [0.29, 0.717) is 27.1 Å². The van der Waals surface area contributed by atoms with E-state index < -0.39 is 10.7 Å². The molecule has 3 aromatic rings. The van der Waals surface area contributed by atoms with Crippen molar-refractivity contribution in [2.45, 2.75) is 0 Å². The molecule has 0 amide bonds. The van der Waals surface area contributed by atoms with Crippen LogP contribution < -0.4 is 0 Å². The maximum atomic E-state index is 12.7. The van der Waals surface area contributed by atoms with E-state index in [0.717, 1.165) is 0 Å². The summed E-state index contributed by atoms with van der Waals surface area (Å²) in [5, 5.41) is 21.2. The van der Waals surface area contributed by atoms with Crippen molar-refractivity contribution in [1.82, 2.24) is 4.98 Å². The molecule has 0 saturated heterocycles. The molecule has 1 aromatic heterocycles. The second kappa shape index (κ2) is 6.59. The van der Waals surface area contributed by atoms with Crippen molar-refractivity contribution in [2.24, 2.45) is 0 Å². The molecule has 6 nitrogen and oxygen atoms in total. The van der Waals surface area contributed by atoms with Gasteiger partial charge in [0, 0.05) is 39.8 Å². The molecule has 0 saturated carbocycles. The lowest BCUT2D eigenvalue weighted by Gasteiger charge is -1.99. The second-order valence-corrected chi connectivity index (χ2v) is 5.68. The van der Waals surface area contributed by atoms with Crippen molar-refractivity contribution in [3.05, 3.63) is 80.5 Å². The van der Waals surface area contributed by atoms with Crippen LogP contribution in [0, 0.1) is 21.4 Å². The van der Waals surface area contributed by atoms with Gasteiger partial charge in [0.1, 0.15) is 11.6 Å². The lowest BCUT2D eigenvalue weighted by atomic mass is 10.0. The number of carbonyl (C=O) groups is 1. The minimum absolute atomic E-state index is 0.0597. The zero-order chi connectivity index (χ0) is 18.0. The fourth-order valence-corrected chi connectivity index (χ4v) is 2.61. The van der Waals surface area contributed by atoms with E-state index in [1.165, 1.54) is 36.5 Å². The Bertz CT molecular complexity index is 1060. The number of aromatic nitrogens is 1. The molecule has 1 heterocycles. The van der Waals surface area contributed by atoms with Gasteiger partial charge in [-0.1, -0.05) is 17.7 Å². The number of fused-ring (bicyclic) bond motifs is 1. The molecular formula is C18H10ClN3O3. The summed E-state index contributed by atoms with van der Waals surface area (Å²) in [6.45, 7) is 0. The molecule has 0 bridgehead atoms. The SMILES string of the molecule is N#C/C(=C/c1ccc([N+](=O)[O-])cc1)C(=O)c1c[nH]c2cc(Cl)ccc12. The Balaban J connectivity index is 1.98. The highest BCUT2D eigenvalue weighted by molar-refractivity contribution is 6.31. The van der Waals surface area contributed by atoms with E-state index in [9.17, 15) is 20.2 Å². The number of allylic oxidation sites excluding steroid dienone is 1. The number of ketones is 1. The number of hydrogen-bond acceptors (Lipinski definition) is 4. The summed E-state index contributed by atoms with van der Waals surface area (Å²) in [6, 6.07) is 12.6. The number of carbonyl (C=O) groups excluding carboxylic acids is 1. The smallest absolute Gasteiger partial charge is 0.269 e. The Morgan fingerprint density at radius 3 is 2.60 bits per heavy atom. The first-order valence-corrected chi connectivity index (χ1v) is 7.55. The maximum Gasteiger partial charge on any atom is 0.269 e. The van der Waals surface area contributed by atoms with Gasteiger partial charge in [-0.05, 0) is 35.9 Å². The van der Waals surface area contributed by atoms with E-state index in [4.69, 9.17) is 11.6 Å². The minimum Gasteiger partial charge on any atom is -0.360 e. The van der Waals surface area contributed by atoms with Gasteiger partial charge in [-0.3, -0.25) is 14.9 Å². The van der Waals surface area contributed by atoms with Gasteiger partial charge in [-0.15, -0.1) is 0 Å². The van der Waals surface area contributed by atoms with E-state index in [1.54, 1.807) is 18.2 Å². The number of aromatic amines is 1. The number of nitrogens with zero attached hydrogens (tertiary/aromatic N) is 2. The van der Waals surface area contributed by atoms with Crippen LogP contribution in [0.5, 0.6) is 0 Å². The maximum absolute atomic E-state index is 12.7. The summed E-state index contributed by atoms with van der Waals surface area (Å²) in [6.07, 6.45) is 2.94. The Labute approximate surface area is 147 Å². The Morgan fingerprint density at radius 2 is 1.96 bits per heavy atom. The van der Waals surface area contributed by atoms with Gasteiger partial charge in [0.15, 0.2) is 0 Å². The molecule has 7 heteroatoms. The molecule has 0 fully saturated rings. The normalized spacial score (nSPS) is 11.3. The van der Waals surface area contributed by atoms with E-state index in [2.05, 4.69) is 4.98 Å². The van der Waals surface area contributed by atoms with Crippen molar-refractivity contribution in [3.8, 4) is 6.07 Å². The number of nitro benzene ring substituents is 1. The Kier molecular flexibility index (Phi) is 4.33. The van der Waals surface area contributed by atoms with Crippen LogP contribution in [-0.4, -0.2) is 15.7 Å². The van der Waals surface area contributed by atoms with E-state index >= 15 is 0 Å². The molecule has 0 spiro atoms. The molecular weight excluding hydrogens is 342 g/mol. The van der Waals surface area contributed by atoms with Gasteiger partial charge < -0.3 is 4.98 Å². The molecule has 0 aliphatic rings. The predicted molar refractivity (Wildman–Crippen MR) is 94.3 cm³/mol. The average Bonchev–Trinajstić information content (AvgIpc) is 3.02. The fraction of sp³-hybridized carbons (Fsp3) is 0. The summed E-state index contributed by atoms with van der Waals surface area (Å²) >= 11 is 5.92. The Hall–Kier alpha value is -3.43. The summed E-state index contributed by atoms with van der Waals surface area (Å²) in [7, 11) is 0. The molecule has 0 atom stereocenters. The van der Waals surface area contributed by atoms with Crippen molar-refractivity contribution >= 4 is 40.1 Å². The average molecular weight is 352 g/mol. The highest BCUT2D eigenvalue weighted by Crippen LogP contribution is 2.24. The number of nitro groups is 1. The molecule has 0 aliphatic heterocycles. The highest BCUT2D eigenvalue weighted by atomic mass is 35.5. The summed E-state index contributed by atoms with van der Waals surface area (Å²) in [4.78, 5) is 25.8. The molecule has 0 unspecified atom stereocenters. The zero-order valence-corrected chi connectivity index (χ0v) is 13.4. The van der Waals surface area contributed by atoms with Crippen molar-refractivity contribution in [2.75, 3.05) is 0 Å². The van der Waals surface area contributed by atoms with Crippen LogP contribution in [0.1, 0.15) is 15.9 Å². The first-order valence-electron chi connectivity index (χ1n) is 7.17. The van der Waals surface area contributed by atoms with Gasteiger partial charge >= 0.3 is 0 Å². The van der Waals surface area contributed by atoms with Crippen LogP contribution in [-0.2, 0) is 0 Å². The van der Waals surface area contributed by atoms with E-state index in [1.807, 2.05) is 6.07 Å². The second-order valence-electron chi connectivity index (χ2n) is 5.24. The number of rotatable bonds is 4. The number of nitrogens with one attached hydrogen (secondary N) is 1. The van der Waals surface area contributed by atoms with Crippen LogP contribution in [0.2, 0.25) is 5.02 Å². The van der Waals surface area contributed by atoms with Crippen molar-refractivity contribution in [1.29, 1.82) is 5.26 Å². The molecule has 122 valence electrons. The third-order valence-corrected chi connectivity index (χ3v) is 3.90. The number of nitriles is 1. The van der Waals surface area contributed by atoms with Crippen LogP contribution in [0.4, 0.5) is 5.69 Å². The number of hydrogen-bond donors (Lipinski definition) is 1. The van der Waals surface area contributed by atoms with Crippen LogP contribution >= 0.6 is 11.6 Å².